The summed E-state index contributed by atoms with van der Waals surface area (Å²) in [6, 6.07) is 5.80. The molecule has 3 N–H and O–H groups in total. The summed E-state index contributed by atoms with van der Waals surface area (Å²) in [7, 11) is 1.82. The van der Waals surface area contributed by atoms with E-state index in [4.69, 9.17) is 5.73 Å². The van der Waals surface area contributed by atoms with Gasteiger partial charge < -0.3 is 16.0 Å². The van der Waals surface area contributed by atoms with E-state index in [0.717, 1.165) is 29.8 Å². The first-order valence-electron chi connectivity index (χ1n) is 11.1. The molecule has 0 fully saturated rings. The number of nitrogen functional groups attached to an aromatic ring is 1. The Labute approximate surface area is 207 Å². The molecule has 0 unspecified atom stereocenters. The number of aryl methyl sites for hydroxylation is 2. The first-order valence-corrected chi connectivity index (χ1v) is 12.6. The Morgan fingerprint density at radius 2 is 2.03 bits per heavy atom. The maximum absolute atomic E-state index is 12.8. The van der Waals surface area contributed by atoms with Crippen LogP contribution in [0.1, 0.15) is 59.6 Å². The Hall–Kier alpha value is -2.76. The van der Waals surface area contributed by atoms with Crippen LogP contribution in [0.3, 0.4) is 0 Å². The van der Waals surface area contributed by atoms with Gasteiger partial charge in [0.1, 0.15) is 6.54 Å². The molecule has 0 aliphatic heterocycles. The fraction of sp³-hybridized carbons (Fsp3) is 0.435. The van der Waals surface area contributed by atoms with Gasteiger partial charge in [-0.1, -0.05) is 29.5 Å². The lowest BCUT2D eigenvalue weighted by Crippen LogP contribution is -2.40. The molecule has 2 heterocycles. The van der Waals surface area contributed by atoms with E-state index in [0.29, 0.717) is 35.3 Å². The quantitative estimate of drug-likeness (QED) is 0.236. The van der Waals surface area contributed by atoms with Gasteiger partial charge in [-0.2, -0.15) is 0 Å². The molecule has 0 aliphatic rings. The van der Waals surface area contributed by atoms with Crippen LogP contribution in [0.2, 0.25) is 0 Å². The van der Waals surface area contributed by atoms with Crippen LogP contribution in [0.4, 0.5) is 5.82 Å². The lowest BCUT2D eigenvalue weighted by molar-refractivity contribution is -0.676. The Morgan fingerprint density at radius 3 is 2.67 bits per heavy atom. The van der Waals surface area contributed by atoms with Gasteiger partial charge in [0.25, 0.3) is 17.6 Å². The molecule has 176 valence electrons. The summed E-state index contributed by atoms with van der Waals surface area (Å²) in [5.41, 5.74) is 9.37. The molecule has 1 aromatic carbocycles. The zero-order chi connectivity index (χ0) is 24.1. The van der Waals surface area contributed by atoms with Crippen molar-refractivity contribution in [1.82, 2.24) is 24.8 Å². The van der Waals surface area contributed by atoms with E-state index in [2.05, 4.69) is 67.8 Å². The van der Waals surface area contributed by atoms with Crippen LogP contribution in [0.25, 0.3) is 11.0 Å². The van der Waals surface area contributed by atoms with Crippen LogP contribution in [-0.2, 0) is 24.1 Å². The zero-order valence-corrected chi connectivity index (χ0v) is 21.7. The number of benzene rings is 1. The van der Waals surface area contributed by atoms with Crippen molar-refractivity contribution in [2.24, 2.45) is 0 Å². The highest BCUT2D eigenvalue weighted by molar-refractivity contribution is 14.1. The van der Waals surface area contributed by atoms with Gasteiger partial charge in [-0.25, -0.2) is 19.1 Å². The van der Waals surface area contributed by atoms with E-state index in [9.17, 15) is 9.59 Å². The van der Waals surface area contributed by atoms with Crippen molar-refractivity contribution < 1.29 is 14.2 Å². The van der Waals surface area contributed by atoms with Gasteiger partial charge in [0.05, 0.1) is 25.0 Å². The molecule has 3 rings (SSSR count). The summed E-state index contributed by atoms with van der Waals surface area (Å²) >= 11 is 2.17. The number of nitrogens with one attached hydrogen (secondary N) is 1. The third-order valence-corrected chi connectivity index (χ3v) is 6.36. The smallest absolute Gasteiger partial charge is 0.277 e. The second-order valence-electron chi connectivity index (χ2n) is 7.75. The highest BCUT2D eigenvalue weighted by Gasteiger charge is 2.26. The topological polar surface area (TPSA) is 110 Å². The van der Waals surface area contributed by atoms with E-state index in [1.54, 1.807) is 11.1 Å². The number of aromatic nitrogens is 4. The number of imidazole rings is 1. The van der Waals surface area contributed by atoms with Crippen molar-refractivity contribution in [3.63, 3.8) is 0 Å². The lowest BCUT2D eigenvalue weighted by atomic mass is 10.1. The maximum atomic E-state index is 12.8. The third-order valence-electron chi connectivity index (χ3n) is 5.58. The van der Waals surface area contributed by atoms with Crippen molar-refractivity contribution in [2.45, 2.75) is 51.3 Å². The number of carbonyl (C=O) groups is 2. The Kier molecular flexibility index (Phi) is 8.22. The van der Waals surface area contributed by atoms with Gasteiger partial charge >= 0.3 is 0 Å². The minimum absolute atomic E-state index is 0.00435. The molecule has 10 heteroatoms. The summed E-state index contributed by atoms with van der Waals surface area (Å²) in [5.74, 6) is 0.690. The van der Waals surface area contributed by atoms with Crippen molar-refractivity contribution in [3.8, 4) is 0 Å². The molecule has 0 saturated heterocycles. The number of hydrogen-bond donors (Lipinski definition) is 2. The molecular formula is C23H31IN7O2+. The second kappa shape index (κ2) is 10.9. The van der Waals surface area contributed by atoms with Gasteiger partial charge in [0.15, 0.2) is 22.5 Å². The number of amides is 2. The second-order valence-corrected chi connectivity index (χ2v) is 8.51. The summed E-state index contributed by atoms with van der Waals surface area (Å²) in [5, 5.41) is 2.95. The van der Waals surface area contributed by atoms with Crippen molar-refractivity contribution in [1.29, 1.82) is 0 Å². The number of rotatable bonds is 9. The number of hydrogen-bond acceptors (Lipinski definition) is 5. The first-order chi connectivity index (χ1) is 15.9. The third kappa shape index (κ3) is 5.10. The van der Waals surface area contributed by atoms with Crippen molar-refractivity contribution in [3.05, 3.63) is 47.2 Å². The molecule has 0 atom stereocenters. The number of carbonyl (C=O) groups excluding carboxylic acids is 2. The molecule has 3 aromatic rings. The largest absolute Gasteiger partial charge is 0.382 e. The van der Waals surface area contributed by atoms with Gasteiger partial charge in [0, 0.05) is 29.6 Å². The average molecular weight is 564 g/mol. The Balaban J connectivity index is 1.95. The fourth-order valence-corrected chi connectivity index (χ4v) is 4.36. The molecule has 0 aliphatic carbocycles. The van der Waals surface area contributed by atoms with E-state index in [1.165, 1.54) is 0 Å². The van der Waals surface area contributed by atoms with Crippen LogP contribution in [0, 0.1) is 0 Å². The number of nitrogens with two attached hydrogens (primary N) is 1. The van der Waals surface area contributed by atoms with Crippen LogP contribution in [0.5, 0.6) is 0 Å². The number of nitrogens with zero attached hydrogens (tertiary/aromatic N) is 5. The predicted molar refractivity (Wildman–Crippen MR) is 136 cm³/mol. The number of anilines is 1. The molecule has 2 aromatic heterocycles. The molecule has 33 heavy (non-hydrogen) atoms. The standard InChI is InChI=1S/C23H30IN7O2/c1-5-10-29(4)23(33)15-8-9-17-18(11-15)31(7-3)19(30(17)6-2)14-27-22(32)20-21(25)26-13-16(12-24)28-20/h8-9,11,13H,5-7,10,12,14H2,1-4H3,(H2-,25,26,27,32)/p+1. The molecule has 0 spiro atoms. The lowest BCUT2D eigenvalue weighted by Gasteiger charge is -2.15. The van der Waals surface area contributed by atoms with Crippen LogP contribution in [-0.4, -0.2) is 44.8 Å². The van der Waals surface area contributed by atoms with E-state index >= 15 is 0 Å². The van der Waals surface area contributed by atoms with E-state index < -0.39 is 0 Å². The highest BCUT2D eigenvalue weighted by Crippen LogP contribution is 2.19. The minimum atomic E-state index is -0.362. The Morgan fingerprint density at radius 1 is 1.27 bits per heavy atom. The van der Waals surface area contributed by atoms with E-state index in [-0.39, 0.29) is 23.3 Å². The maximum Gasteiger partial charge on any atom is 0.277 e. The van der Waals surface area contributed by atoms with Crippen LogP contribution < -0.4 is 15.6 Å². The number of halogens is 1. The first kappa shape index (κ1) is 24.9. The van der Waals surface area contributed by atoms with Gasteiger partial charge in [-0.3, -0.25) is 9.59 Å². The summed E-state index contributed by atoms with van der Waals surface area (Å²) in [6.07, 6.45) is 2.49. The zero-order valence-electron chi connectivity index (χ0n) is 19.6. The minimum Gasteiger partial charge on any atom is -0.382 e. The molecule has 0 saturated carbocycles. The van der Waals surface area contributed by atoms with Gasteiger partial charge in [-0.15, -0.1) is 0 Å². The number of alkyl halides is 1. The van der Waals surface area contributed by atoms with Crippen molar-refractivity contribution in [2.75, 3.05) is 19.3 Å². The summed E-state index contributed by atoms with van der Waals surface area (Å²) in [4.78, 5) is 35.8. The fourth-order valence-electron chi connectivity index (χ4n) is 3.99. The molecule has 9 nitrogen and oxygen atoms in total. The average Bonchev–Trinajstić information content (AvgIpc) is 3.13. The molecular weight excluding hydrogens is 533 g/mol. The predicted octanol–water partition coefficient (Wildman–Crippen LogP) is 2.69. The van der Waals surface area contributed by atoms with Crippen LogP contribution >= 0.6 is 22.6 Å². The number of fused-ring (bicyclic) bond motifs is 1. The summed E-state index contributed by atoms with van der Waals surface area (Å²) < 4.78 is 4.92. The molecule has 0 radical (unpaired) electrons. The highest BCUT2D eigenvalue weighted by atomic mass is 127. The van der Waals surface area contributed by atoms with E-state index in [1.807, 2.05) is 25.2 Å². The molecule has 2 amide bonds. The normalized spacial score (nSPS) is 11.1. The van der Waals surface area contributed by atoms with Crippen LogP contribution in [0.15, 0.2) is 24.4 Å². The SMILES string of the molecule is CCCN(C)C(=O)c1ccc2c(c1)n(CC)c(CNC(=O)c1nc(CI)cnc1N)[n+]2CC. The van der Waals surface area contributed by atoms with Gasteiger partial charge in [-0.05, 0) is 32.4 Å². The monoisotopic (exact) mass is 564 g/mol. The van der Waals surface area contributed by atoms with Crippen molar-refractivity contribution >= 4 is 51.3 Å². The Bertz CT molecular complexity index is 1180. The van der Waals surface area contributed by atoms with Gasteiger partial charge in [0.2, 0.25) is 0 Å². The molecule has 0 bridgehead atoms. The summed E-state index contributed by atoms with van der Waals surface area (Å²) in [6.45, 7) is 8.60.